The molecule has 0 fully saturated rings. The van der Waals surface area contributed by atoms with Gasteiger partial charge in [0.1, 0.15) is 11.6 Å². The largest absolute Gasteiger partial charge is 0.459 e. The van der Waals surface area contributed by atoms with Gasteiger partial charge in [-0.15, -0.1) is 0 Å². The summed E-state index contributed by atoms with van der Waals surface area (Å²) in [6.45, 7) is 1.74. The molecule has 0 spiro atoms. The van der Waals surface area contributed by atoms with Crippen molar-refractivity contribution in [2.45, 2.75) is 26.2 Å². The number of hydrogen-bond donors (Lipinski definition) is 2. The summed E-state index contributed by atoms with van der Waals surface area (Å²) in [5, 5.41) is 6.75. The van der Waals surface area contributed by atoms with Gasteiger partial charge in [-0.2, -0.15) is 5.10 Å². The molecule has 2 amide bonds. The highest BCUT2D eigenvalue weighted by Crippen LogP contribution is 2.30. The fourth-order valence-corrected chi connectivity index (χ4v) is 3.32. The van der Waals surface area contributed by atoms with E-state index in [0.717, 1.165) is 6.42 Å². The molecular weight excluding hydrogens is 377 g/mol. The van der Waals surface area contributed by atoms with Crippen molar-refractivity contribution in [1.29, 1.82) is 0 Å². The predicted octanol–water partition coefficient (Wildman–Crippen LogP) is 4.04. The maximum absolute atomic E-state index is 13.8. The molecule has 148 valence electrons. The lowest BCUT2D eigenvalue weighted by Gasteiger charge is -2.13. The zero-order chi connectivity index (χ0) is 20.4. The van der Waals surface area contributed by atoms with E-state index >= 15 is 0 Å². The number of halogens is 1. The number of carbonyl (C=O) groups is 2. The molecule has 1 aliphatic carbocycles. The fraction of sp³-hybridized carbons (Fsp3) is 0.190. The van der Waals surface area contributed by atoms with E-state index in [0.29, 0.717) is 35.4 Å². The van der Waals surface area contributed by atoms with Gasteiger partial charge in [-0.05, 0) is 44.0 Å². The standard InChI is InChI=1S/C21H18FN3O4/c1-12-18-15(24-25-20(26)17-10-5-11-28-17)8-4-9-16(18)29-19(12)21(27)23-14-7-3-2-6-13(14)22/h2-3,5-7,10-11H,4,8-9H2,1H3,(H,23,27)(H,25,26)/b24-15+. The Bertz CT molecular complexity index is 1100. The Kier molecular flexibility index (Phi) is 4.99. The van der Waals surface area contributed by atoms with Crippen molar-refractivity contribution >= 4 is 23.2 Å². The number of para-hydroxylation sites is 1. The first-order chi connectivity index (χ1) is 14.0. The number of amides is 2. The van der Waals surface area contributed by atoms with Crippen LogP contribution < -0.4 is 10.7 Å². The van der Waals surface area contributed by atoms with Crippen LogP contribution in [0.3, 0.4) is 0 Å². The number of hydrogen-bond acceptors (Lipinski definition) is 5. The summed E-state index contributed by atoms with van der Waals surface area (Å²) >= 11 is 0. The Morgan fingerprint density at radius 3 is 2.69 bits per heavy atom. The van der Waals surface area contributed by atoms with E-state index in [1.807, 2.05) is 0 Å². The fourth-order valence-electron chi connectivity index (χ4n) is 3.32. The van der Waals surface area contributed by atoms with Crippen LogP contribution >= 0.6 is 0 Å². The van der Waals surface area contributed by atoms with Gasteiger partial charge in [0, 0.05) is 17.5 Å². The Hall–Kier alpha value is -3.68. The molecule has 2 aromatic heterocycles. The quantitative estimate of drug-likeness (QED) is 0.652. The molecule has 3 aromatic rings. The maximum Gasteiger partial charge on any atom is 0.307 e. The van der Waals surface area contributed by atoms with E-state index in [1.54, 1.807) is 25.1 Å². The summed E-state index contributed by atoms with van der Waals surface area (Å²) in [5.41, 5.74) is 4.47. The molecule has 0 bridgehead atoms. The van der Waals surface area contributed by atoms with Gasteiger partial charge in [0.25, 0.3) is 5.91 Å². The summed E-state index contributed by atoms with van der Waals surface area (Å²) < 4.78 is 24.7. The summed E-state index contributed by atoms with van der Waals surface area (Å²) in [5.74, 6) is -0.658. The number of anilines is 1. The van der Waals surface area contributed by atoms with Crippen LogP contribution in [-0.4, -0.2) is 17.5 Å². The number of hydrazone groups is 1. The zero-order valence-corrected chi connectivity index (χ0v) is 15.6. The van der Waals surface area contributed by atoms with E-state index in [1.165, 1.54) is 24.5 Å². The van der Waals surface area contributed by atoms with Crippen molar-refractivity contribution in [3.63, 3.8) is 0 Å². The summed E-state index contributed by atoms with van der Waals surface area (Å²) in [6.07, 6.45) is 3.44. The smallest absolute Gasteiger partial charge is 0.307 e. The minimum atomic E-state index is -0.541. The number of nitrogens with one attached hydrogen (secondary N) is 2. The molecule has 1 aromatic carbocycles. The van der Waals surface area contributed by atoms with Crippen LogP contribution in [-0.2, 0) is 6.42 Å². The van der Waals surface area contributed by atoms with Gasteiger partial charge >= 0.3 is 5.91 Å². The summed E-state index contributed by atoms with van der Waals surface area (Å²) in [6, 6.07) is 9.06. The number of furan rings is 2. The second-order valence-corrected chi connectivity index (χ2v) is 6.62. The first-order valence-corrected chi connectivity index (χ1v) is 9.13. The minimum absolute atomic E-state index is 0.0749. The van der Waals surface area contributed by atoms with Crippen molar-refractivity contribution < 1.29 is 22.8 Å². The third kappa shape index (κ3) is 3.69. The molecule has 0 saturated carbocycles. The first-order valence-electron chi connectivity index (χ1n) is 9.13. The van der Waals surface area contributed by atoms with Crippen LogP contribution in [0, 0.1) is 12.7 Å². The normalized spacial score (nSPS) is 14.5. The lowest BCUT2D eigenvalue weighted by molar-refractivity contribution is 0.0926. The van der Waals surface area contributed by atoms with E-state index in [-0.39, 0.29) is 17.2 Å². The Morgan fingerprint density at radius 2 is 1.93 bits per heavy atom. The van der Waals surface area contributed by atoms with Gasteiger partial charge in [0.05, 0.1) is 17.7 Å². The number of carbonyl (C=O) groups excluding carboxylic acids is 2. The monoisotopic (exact) mass is 395 g/mol. The van der Waals surface area contributed by atoms with Gasteiger partial charge in [-0.3, -0.25) is 9.59 Å². The molecule has 0 atom stereocenters. The Balaban J connectivity index is 1.59. The Morgan fingerprint density at radius 1 is 1.10 bits per heavy atom. The van der Waals surface area contributed by atoms with Crippen LogP contribution in [0.4, 0.5) is 10.1 Å². The highest BCUT2D eigenvalue weighted by molar-refractivity contribution is 6.09. The van der Waals surface area contributed by atoms with E-state index < -0.39 is 17.6 Å². The number of nitrogens with zero attached hydrogens (tertiary/aromatic N) is 1. The van der Waals surface area contributed by atoms with Gasteiger partial charge in [0.2, 0.25) is 0 Å². The van der Waals surface area contributed by atoms with Crippen molar-refractivity contribution in [2.24, 2.45) is 5.10 Å². The second kappa shape index (κ2) is 7.75. The van der Waals surface area contributed by atoms with E-state index in [4.69, 9.17) is 8.83 Å². The lowest BCUT2D eigenvalue weighted by atomic mass is 9.93. The van der Waals surface area contributed by atoms with Gasteiger partial charge in [-0.1, -0.05) is 12.1 Å². The van der Waals surface area contributed by atoms with Crippen molar-refractivity contribution in [3.8, 4) is 0 Å². The van der Waals surface area contributed by atoms with Gasteiger partial charge in [-0.25, -0.2) is 9.82 Å². The van der Waals surface area contributed by atoms with Gasteiger partial charge < -0.3 is 14.2 Å². The highest BCUT2D eigenvalue weighted by atomic mass is 19.1. The molecular formula is C21H18FN3O4. The third-order valence-electron chi connectivity index (χ3n) is 4.69. The molecule has 0 unspecified atom stereocenters. The van der Waals surface area contributed by atoms with Crippen LogP contribution in [0.15, 0.2) is 56.6 Å². The number of rotatable bonds is 4. The number of fused-ring (bicyclic) bond motifs is 1. The third-order valence-corrected chi connectivity index (χ3v) is 4.69. The maximum atomic E-state index is 13.8. The average molecular weight is 395 g/mol. The molecule has 0 saturated heterocycles. The zero-order valence-electron chi connectivity index (χ0n) is 15.6. The summed E-state index contributed by atoms with van der Waals surface area (Å²) in [7, 11) is 0. The van der Waals surface area contributed by atoms with Gasteiger partial charge in [0.15, 0.2) is 11.5 Å². The summed E-state index contributed by atoms with van der Waals surface area (Å²) in [4.78, 5) is 24.7. The van der Waals surface area contributed by atoms with Crippen LogP contribution in [0.1, 0.15) is 50.8 Å². The molecule has 0 aliphatic heterocycles. The van der Waals surface area contributed by atoms with Crippen molar-refractivity contribution in [2.75, 3.05) is 5.32 Å². The Labute approximate surface area is 165 Å². The second-order valence-electron chi connectivity index (χ2n) is 6.62. The molecule has 8 heteroatoms. The molecule has 2 N–H and O–H groups in total. The molecule has 1 aliphatic rings. The predicted molar refractivity (Wildman–Crippen MR) is 103 cm³/mol. The average Bonchev–Trinajstić information content (AvgIpc) is 3.37. The molecule has 7 nitrogen and oxygen atoms in total. The molecule has 0 radical (unpaired) electrons. The van der Waals surface area contributed by atoms with E-state index in [2.05, 4.69) is 15.8 Å². The molecule has 2 heterocycles. The highest BCUT2D eigenvalue weighted by Gasteiger charge is 2.28. The van der Waals surface area contributed by atoms with Crippen molar-refractivity contribution in [3.05, 3.63) is 76.9 Å². The first kappa shape index (κ1) is 18.7. The SMILES string of the molecule is Cc1c(C(=O)Nc2ccccc2F)oc2c1/C(=N/NC(=O)c1ccco1)CCC2. The van der Waals surface area contributed by atoms with E-state index in [9.17, 15) is 14.0 Å². The van der Waals surface area contributed by atoms with Crippen LogP contribution in [0.25, 0.3) is 0 Å². The molecule has 29 heavy (non-hydrogen) atoms. The minimum Gasteiger partial charge on any atom is -0.459 e. The van der Waals surface area contributed by atoms with Crippen molar-refractivity contribution in [1.82, 2.24) is 5.43 Å². The van der Waals surface area contributed by atoms with Crippen LogP contribution in [0.2, 0.25) is 0 Å². The lowest BCUT2D eigenvalue weighted by Crippen LogP contribution is -2.21. The number of benzene rings is 1. The number of aryl methyl sites for hydroxylation is 1. The van der Waals surface area contributed by atoms with Crippen LogP contribution in [0.5, 0.6) is 0 Å². The topological polar surface area (TPSA) is 96.8 Å². The molecule has 4 rings (SSSR count).